The number of carbonyl (C=O) groups is 2. The van der Waals surface area contributed by atoms with Gasteiger partial charge >= 0.3 is 5.97 Å². The fourth-order valence-electron chi connectivity index (χ4n) is 2.58. The van der Waals surface area contributed by atoms with Gasteiger partial charge in [-0.1, -0.05) is 54.6 Å². The van der Waals surface area contributed by atoms with Gasteiger partial charge in [0.15, 0.2) is 0 Å². The molecule has 0 atom stereocenters. The van der Waals surface area contributed by atoms with E-state index in [1.165, 1.54) is 13.2 Å². The SMILES string of the molecule is COC(=O)c1cccc(C(=O)Nc2ccccc2Cc2ccccc2)n1. The molecule has 1 aromatic heterocycles. The molecule has 1 amide bonds. The van der Waals surface area contributed by atoms with Gasteiger partial charge in [0.25, 0.3) is 5.91 Å². The average Bonchev–Trinajstić information content (AvgIpc) is 2.69. The highest BCUT2D eigenvalue weighted by molar-refractivity contribution is 6.04. The molecule has 0 fully saturated rings. The summed E-state index contributed by atoms with van der Waals surface area (Å²) in [5.74, 6) is -0.958. The molecule has 26 heavy (non-hydrogen) atoms. The zero-order chi connectivity index (χ0) is 18.4. The number of nitrogens with zero attached hydrogens (tertiary/aromatic N) is 1. The highest BCUT2D eigenvalue weighted by atomic mass is 16.5. The molecule has 0 saturated carbocycles. The lowest BCUT2D eigenvalue weighted by atomic mass is 10.0. The third-order valence-corrected chi connectivity index (χ3v) is 3.88. The Labute approximate surface area is 151 Å². The molecule has 0 aliphatic rings. The molecule has 3 rings (SSSR count). The molecule has 5 nitrogen and oxygen atoms in total. The van der Waals surface area contributed by atoms with Crippen LogP contribution in [0.15, 0.2) is 72.8 Å². The number of pyridine rings is 1. The van der Waals surface area contributed by atoms with Crippen molar-refractivity contribution in [2.75, 3.05) is 12.4 Å². The van der Waals surface area contributed by atoms with Gasteiger partial charge in [0.2, 0.25) is 0 Å². The van der Waals surface area contributed by atoms with Crippen molar-refractivity contribution in [3.05, 3.63) is 95.3 Å². The van der Waals surface area contributed by atoms with E-state index in [1.54, 1.807) is 12.1 Å². The number of rotatable bonds is 5. The molecule has 0 saturated heterocycles. The van der Waals surface area contributed by atoms with Crippen LogP contribution in [0.1, 0.15) is 32.1 Å². The number of aromatic nitrogens is 1. The zero-order valence-corrected chi connectivity index (χ0v) is 14.3. The molecule has 130 valence electrons. The standard InChI is InChI=1S/C21H18N2O3/c1-26-21(25)19-13-7-12-18(22-19)20(24)23-17-11-6-5-10-16(17)14-15-8-3-2-4-9-15/h2-13H,14H2,1H3,(H,23,24). The van der Waals surface area contributed by atoms with Gasteiger partial charge in [-0.15, -0.1) is 0 Å². The fraction of sp³-hybridized carbons (Fsp3) is 0.0952. The lowest BCUT2D eigenvalue weighted by Crippen LogP contribution is -2.17. The molecular weight excluding hydrogens is 328 g/mol. The largest absolute Gasteiger partial charge is 0.464 e. The van der Waals surface area contributed by atoms with Crippen LogP contribution in [0.25, 0.3) is 0 Å². The molecular formula is C21H18N2O3. The molecule has 0 unspecified atom stereocenters. The molecule has 0 spiro atoms. The Morgan fingerprint density at radius 2 is 1.58 bits per heavy atom. The summed E-state index contributed by atoms with van der Waals surface area (Å²) >= 11 is 0. The Morgan fingerprint density at radius 3 is 2.35 bits per heavy atom. The maximum absolute atomic E-state index is 12.6. The summed E-state index contributed by atoms with van der Waals surface area (Å²) in [6, 6.07) is 22.3. The highest BCUT2D eigenvalue weighted by Gasteiger charge is 2.14. The number of benzene rings is 2. The van der Waals surface area contributed by atoms with E-state index in [0.29, 0.717) is 12.1 Å². The highest BCUT2D eigenvalue weighted by Crippen LogP contribution is 2.20. The molecule has 0 bridgehead atoms. The Kier molecular flexibility index (Phi) is 5.39. The number of hydrogen-bond acceptors (Lipinski definition) is 4. The predicted molar refractivity (Wildman–Crippen MR) is 99.2 cm³/mol. The van der Waals surface area contributed by atoms with Gasteiger partial charge in [-0.2, -0.15) is 0 Å². The van der Waals surface area contributed by atoms with Crippen LogP contribution in [-0.4, -0.2) is 24.0 Å². The van der Waals surface area contributed by atoms with Gasteiger partial charge in [0.1, 0.15) is 11.4 Å². The van der Waals surface area contributed by atoms with Crippen LogP contribution in [0, 0.1) is 0 Å². The molecule has 1 heterocycles. The maximum Gasteiger partial charge on any atom is 0.356 e. The van der Waals surface area contributed by atoms with Crippen LogP contribution in [-0.2, 0) is 11.2 Å². The van der Waals surface area contributed by atoms with Crippen molar-refractivity contribution >= 4 is 17.6 Å². The van der Waals surface area contributed by atoms with Crippen molar-refractivity contribution in [2.45, 2.75) is 6.42 Å². The molecule has 0 radical (unpaired) electrons. The van der Waals surface area contributed by atoms with Crippen molar-refractivity contribution in [2.24, 2.45) is 0 Å². The minimum absolute atomic E-state index is 0.0951. The van der Waals surface area contributed by atoms with Crippen LogP contribution in [0.2, 0.25) is 0 Å². The Hall–Kier alpha value is -3.47. The number of amides is 1. The normalized spacial score (nSPS) is 10.2. The Bertz CT molecular complexity index is 923. The minimum atomic E-state index is -0.580. The van der Waals surface area contributed by atoms with Crippen molar-refractivity contribution in [3.8, 4) is 0 Å². The lowest BCUT2D eigenvalue weighted by Gasteiger charge is -2.11. The number of carbonyl (C=O) groups excluding carboxylic acids is 2. The van der Waals surface area contributed by atoms with Gasteiger partial charge in [-0.05, 0) is 35.7 Å². The second kappa shape index (κ2) is 8.07. The van der Waals surface area contributed by atoms with Gasteiger partial charge < -0.3 is 10.1 Å². The number of anilines is 1. The maximum atomic E-state index is 12.6. The van der Waals surface area contributed by atoms with Crippen LogP contribution < -0.4 is 5.32 Å². The van der Waals surface area contributed by atoms with Crippen molar-refractivity contribution in [3.63, 3.8) is 0 Å². The first-order valence-electron chi connectivity index (χ1n) is 8.16. The molecule has 5 heteroatoms. The third kappa shape index (κ3) is 4.13. The summed E-state index contributed by atoms with van der Waals surface area (Å²) in [6.45, 7) is 0. The fourth-order valence-corrected chi connectivity index (χ4v) is 2.58. The Morgan fingerprint density at radius 1 is 0.885 bits per heavy atom. The second-order valence-corrected chi connectivity index (χ2v) is 5.67. The van der Waals surface area contributed by atoms with Gasteiger partial charge in [-0.3, -0.25) is 4.79 Å². The van der Waals surface area contributed by atoms with E-state index in [9.17, 15) is 9.59 Å². The van der Waals surface area contributed by atoms with Crippen molar-refractivity contribution in [1.82, 2.24) is 4.98 Å². The van der Waals surface area contributed by atoms with Crippen LogP contribution >= 0.6 is 0 Å². The third-order valence-electron chi connectivity index (χ3n) is 3.88. The molecule has 1 N–H and O–H groups in total. The van der Waals surface area contributed by atoms with Crippen molar-refractivity contribution < 1.29 is 14.3 Å². The summed E-state index contributed by atoms with van der Waals surface area (Å²) in [5.41, 5.74) is 3.11. The first-order chi connectivity index (χ1) is 12.7. The first kappa shape index (κ1) is 17.4. The monoisotopic (exact) mass is 346 g/mol. The van der Waals surface area contributed by atoms with Crippen molar-refractivity contribution in [1.29, 1.82) is 0 Å². The average molecular weight is 346 g/mol. The van der Waals surface area contributed by atoms with Gasteiger partial charge in [0.05, 0.1) is 7.11 Å². The van der Waals surface area contributed by atoms with E-state index in [2.05, 4.69) is 15.0 Å². The molecule has 0 aliphatic carbocycles. The summed E-state index contributed by atoms with van der Waals surface area (Å²) in [6.07, 6.45) is 0.701. The number of nitrogens with one attached hydrogen (secondary N) is 1. The molecule has 2 aromatic carbocycles. The van der Waals surface area contributed by atoms with E-state index >= 15 is 0 Å². The quantitative estimate of drug-likeness (QED) is 0.715. The molecule has 3 aromatic rings. The number of para-hydroxylation sites is 1. The zero-order valence-electron chi connectivity index (χ0n) is 14.3. The Balaban J connectivity index is 1.81. The van der Waals surface area contributed by atoms with Crippen LogP contribution in [0.4, 0.5) is 5.69 Å². The number of methoxy groups -OCH3 is 1. The predicted octanol–water partition coefficient (Wildman–Crippen LogP) is 3.71. The summed E-state index contributed by atoms with van der Waals surface area (Å²) < 4.78 is 4.64. The topological polar surface area (TPSA) is 68.3 Å². The summed E-state index contributed by atoms with van der Waals surface area (Å²) in [7, 11) is 1.27. The van der Waals surface area contributed by atoms with Crippen LogP contribution in [0.3, 0.4) is 0 Å². The number of ether oxygens (including phenoxy) is 1. The van der Waals surface area contributed by atoms with Crippen LogP contribution in [0.5, 0.6) is 0 Å². The van der Waals surface area contributed by atoms with E-state index in [4.69, 9.17) is 0 Å². The molecule has 0 aliphatic heterocycles. The first-order valence-corrected chi connectivity index (χ1v) is 8.16. The van der Waals surface area contributed by atoms with E-state index in [1.807, 2.05) is 54.6 Å². The van der Waals surface area contributed by atoms with E-state index < -0.39 is 5.97 Å². The lowest BCUT2D eigenvalue weighted by molar-refractivity contribution is 0.0594. The van der Waals surface area contributed by atoms with Gasteiger partial charge in [-0.25, -0.2) is 9.78 Å². The minimum Gasteiger partial charge on any atom is -0.464 e. The van der Waals surface area contributed by atoms with E-state index in [-0.39, 0.29) is 17.3 Å². The second-order valence-electron chi connectivity index (χ2n) is 5.67. The smallest absolute Gasteiger partial charge is 0.356 e. The summed E-state index contributed by atoms with van der Waals surface area (Å²) in [4.78, 5) is 28.2. The van der Waals surface area contributed by atoms with E-state index in [0.717, 1.165) is 11.1 Å². The summed E-state index contributed by atoms with van der Waals surface area (Å²) in [5, 5.41) is 2.88. The number of esters is 1. The number of hydrogen-bond donors (Lipinski definition) is 1. The van der Waals surface area contributed by atoms with Gasteiger partial charge in [0, 0.05) is 5.69 Å².